The molecule has 1 atom stereocenters. The number of ether oxygens (including phenoxy) is 2. The fourth-order valence-corrected chi connectivity index (χ4v) is 3.37. The number of hydrogen-bond acceptors (Lipinski definition) is 6. The van der Waals surface area contributed by atoms with E-state index in [-0.39, 0.29) is 19.8 Å². The summed E-state index contributed by atoms with van der Waals surface area (Å²) >= 11 is 1.62. The molecule has 0 aliphatic heterocycles. The summed E-state index contributed by atoms with van der Waals surface area (Å²) in [7, 11) is 0. The molecule has 0 heterocycles. The lowest BCUT2D eigenvalue weighted by atomic mass is 9.80. The van der Waals surface area contributed by atoms with Gasteiger partial charge in [-0.25, -0.2) is 4.79 Å². The van der Waals surface area contributed by atoms with Gasteiger partial charge in [-0.1, -0.05) is 26.0 Å². The maximum absolute atomic E-state index is 12.6. The smallest absolute Gasteiger partial charge is 0.412 e. The monoisotopic (exact) mass is 419 g/mol. The second-order valence-corrected chi connectivity index (χ2v) is 8.13. The van der Waals surface area contributed by atoms with E-state index in [2.05, 4.69) is 5.32 Å². The maximum atomic E-state index is 12.6. The van der Waals surface area contributed by atoms with E-state index in [0.717, 1.165) is 10.5 Å². The van der Waals surface area contributed by atoms with Crippen molar-refractivity contribution in [2.75, 3.05) is 31.4 Å². The van der Waals surface area contributed by atoms with Crippen LogP contribution in [0.2, 0.25) is 0 Å². The van der Waals surface area contributed by atoms with Crippen LogP contribution in [-0.4, -0.2) is 42.4 Å². The highest BCUT2D eigenvalue weighted by Gasteiger charge is 2.34. The number of thioether (sulfide) groups is 1. The lowest BCUT2D eigenvalue weighted by molar-refractivity contribution is 0.0150. The van der Waals surface area contributed by atoms with Crippen LogP contribution < -0.4 is 10.1 Å². The van der Waals surface area contributed by atoms with Crippen LogP contribution in [-0.2, 0) is 4.74 Å². The predicted molar refractivity (Wildman–Crippen MR) is 116 cm³/mol. The van der Waals surface area contributed by atoms with Crippen LogP contribution in [0.15, 0.2) is 53.4 Å². The van der Waals surface area contributed by atoms with E-state index < -0.39 is 17.6 Å². The van der Waals surface area contributed by atoms with Crippen molar-refractivity contribution in [3.05, 3.63) is 54.1 Å². The molecule has 0 saturated carbocycles. The fraction of sp³-hybridized carbons (Fsp3) is 0.409. The number of rotatable bonds is 10. The fourth-order valence-electron chi connectivity index (χ4n) is 2.96. The average molecular weight is 420 g/mol. The summed E-state index contributed by atoms with van der Waals surface area (Å²) in [6.45, 7) is 3.95. The number of anilines is 1. The summed E-state index contributed by atoms with van der Waals surface area (Å²) in [5, 5.41) is 21.2. The van der Waals surface area contributed by atoms with Crippen LogP contribution in [0.4, 0.5) is 10.5 Å². The Labute approximate surface area is 176 Å². The summed E-state index contributed by atoms with van der Waals surface area (Å²) in [5.41, 5.74) is 0.892. The van der Waals surface area contributed by atoms with Gasteiger partial charge in [-0.3, -0.25) is 5.32 Å². The molecule has 0 unspecified atom stereocenters. The van der Waals surface area contributed by atoms with Crippen molar-refractivity contribution in [1.82, 2.24) is 0 Å². The average Bonchev–Trinajstić information content (AvgIpc) is 2.71. The lowest BCUT2D eigenvalue weighted by Gasteiger charge is -2.34. The zero-order valence-electron chi connectivity index (χ0n) is 17.1. The Morgan fingerprint density at radius 3 is 2.48 bits per heavy atom. The van der Waals surface area contributed by atoms with Crippen LogP contribution in [0, 0.1) is 5.41 Å². The molecule has 1 amide bonds. The van der Waals surface area contributed by atoms with Crippen molar-refractivity contribution >= 4 is 23.5 Å². The molecule has 2 aromatic carbocycles. The molecule has 29 heavy (non-hydrogen) atoms. The highest BCUT2D eigenvalue weighted by molar-refractivity contribution is 7.98. The Balaban J connectivity index is 2.20. The van der Waals surface area contributed by atoms with Crippen molar-refractivity contribution in [3.8, 4) is 5.75 Å². The van der Waals surface area contributed by atoms with Gasteiger partial charge >= 0.3 is 6.09 Å². The van der Waals surface area contributed by atoms with Crippen LogP contribution in [0.5, 0.6) is 5.75 Å². The van der Waals surface area contributed by atoms with Gasteiger partial charge in [0, 0.05) is 22.6 Å². The van der Waals surface area contributed by atoms with E-state index in [4.69, 9.17) is 14.6 Å². The molecule has 0 aliphatic carbocycles. The summed E-state index contributed by atoms with van der Waals surface area (Å²) in [6, 6.07) is 14.7. The van der Waals surface area contributed by atoms with Crippen LogP contribution in [0.1, 0.15) is 31.9 Å². The molecule has 6 nitrogen and oxygen atoms in total. The number of aliphatic hydroxyl groups excluding tert-OH is 2. The first-order chi connectivity index (χ1) is 13.9. The van der Waals surface area contributed by atoms with Crippen LogP contribution >= 0.6 is 11.8 Å². The zero-order chi connectivity index (χ0) is 21.3. The summed E-state index contributed by atoms with van der Waals surface area (Å²) in [6.07, 6.45) is 1.27. The molecule has 0 fully saturated rings. The summed E-state index contributed by atoms with van der Waals surface area (Å²) in [4.78, 5) is 13.7. The largest absolute Gasteiger partial charge is 0.491 e. The predicted octanol–water partition coefficient (Wildman–Crippen LogP) is 4.48. The summed E-state index contributed by atoms with van der Waals surface area (Å²) in [5.74, 6) is 0.581. The molecule has 2 aromatic rings. The van der Waals surface area contributed by atoms with Crippen molar-refractivity contribution in [2.45, 2.75) is 31.3 Å². The quantitative estimate of drug-likeness (QED) is 0.492. The molecular formula is C22H29NO5S. The Hall–Kier alpha value is -2.22. The Morgan fingerprint density at radius 1 is 1.14 bits per heavy atom. The zero-order valence-corrected chi connectivity index (χ0v) is 17.9. The van der Waals surface area contributed by atoms with Gasteiger partial charge in [0.15, 0.2) is 0 Å². The van der Waals surface area contributed by atoms with Crippen molar-refractivity contribution in [2.24, 2.45) is 5.41 Å². The number of aliphatic hydroxyl groups is 2. The number of amides is 1. The molecule has 0 aromatic heterocycles. The van der Waals surface area contributed by atoms with Gasteiger partial charge in [0.25, 0.3) is 0 Å². The van der Waals surface area contributed by atoms with Gasteiger partial charge in [0.05, 0.1) is 6.61 Å². The molecule has 158 valence electrons. The molecule has 7 heteroatoms. The minimum Gasteiger partial charge on any atom is -0.491 e. The number of benzene rings is 2. The third-order valence-corrected chi connectivity index (χ3v) is 5.29. The van der Waals surface area contributed by atoms with E-state index in [9.17, 15) is 9.90 Å². The molecule has 2 rings (SSSR count). The normalized spacial score (nSPS) is 12.3. The highest BCUT2D eigenvalue weighted by atomic mass is 32.2. The van der Waals surface area contributed by atoms with Gasteiger partial charge < -0.3 is 19.7 Å². The van der Waals surface area contributed by atoms with Gasteiger partial charge in [0.2, 0.25) is 0 Å². The van der Waals surface area contributed by atoms with Gasteiger partial charge in [-0.05, 0) is 54.6 Å². The molecule has 3 N–H and O–H groups in total. The van der Waals surface area contributed by atoms with E-state index >= 15 is 0 Å². The lowest BCUT2D eigenvalue weighted by Crippen LogP contribution is -2.29. The van der Waals surface area contributed by atoms with E-state index in [0.29, 0.717) is 17.9 Å². The third-order valence-electron chi connectivity index (χ3n) is 4.55. The third kappa shape index (κ3) is 6.96. The SMILES string of the molecule is CSc1ccc(NC(=O)O[C@H](c2cccc(OCCO)c2)C(C)(C)CCO)cc1. The van der Waals surface area contributed by atoms with Crippen LogP contribution in [0.3, 0.4) is 0 Å². The van der Waals surface area contributed by atoms with E-state index in [1.165, 1.54) is 0 Å². The summed E-state index contributed by atoms with van der Waals surface area (Å²) < 4.78 is 11.3. The molecule has 0 aliphatic rings. The number of carbonyl (C=O) groups is 1. The van der Waals surface area contributed by atoms with Crippen molar-refractivity contribution in [1.29, 1.82) is 0 Å². The van der Waals surface area contributed by atoms with Gasteiger partial charge in [-0.15, -0.1) is 11.8 Å². The first-order valence-corrected chi connectivity index (χ1v) is 10.7. The minimum absolute atomic E-state index is 0.0225. The number of carbonyl (C=O) groups excluding carboxylic acids is 1. The van der Waals surface area contributed by atoms with Crippen molar-refractivity contribution < 1.29 is 24.5 Å². The van der Waals surface area contributed by atoms with E-state index in [1.807, 2.05) is 56.5 Å². The highest BCUT2D eigenvalue weighted by Crippen LogP contribution is 2.40. The van der Waals surface area contributed by atoms with Crippen molar-refractivity contribution in [3.63, 3.8) is 0 Å². The minimum atomic E-state index is -0.599. The molecular weight excluding hydrogens is 390 g/mol. The van der Waals surface area contributed by atoms with E-state index in [1.54, 1.807) is 23.9 Å². The number of nitrogens with one attached hydrogen (secondary N) is 1. The Bertz CT molecular complexity index is 779. The second-order valence-electron chi connectivity index (χ2n) is 7.25. The first-order valence-electron chi connectivity index (χ1n) is 9.46. The second kappa shape index (κ2) is 11.1. The number of hydrogen-bond donors (Lipinski definition) is 3. The molecule has 0 bridgehead atoms. The standard InChI is InChI=1S/C22H29NO5S/c1-22(2,11-12-24)20(16-5-4-6-18(15-16)27-14-13-25)28-21(26)23-17-7-9-19(29-3)10-8-17/h4-10,15,20,24-25H,11-14H2,1-3H3,(H,23,26)/t20-/m1/s1. The Kier molecular flexibility index (Phi) is 8.82. The van der Waals surface area contributed by atoms with Crippen LogP contribution in [0.25, 0.3) is 0 Å². The Morgan fingerprint density at radius 2 is 1.86 bits per heavy atom. The topological polar surface area (TPSA) is 88.0 Å². The van der Waals surface area contributed by atoms with Gasteiger partial charge in [0.1, 0.15) is 18.5 Å². The molecule has 0 spiro atoms. The molecule has 0 radical (unpaired) electrons. The molecule has 0 saturated heterocycles. The van der Waals surface area contributed by atoms with Gasteiger partial charge in [-0.2, -0.15) is 0 Å². The maximum Gasteiger partial charge on any atom is 0.412 e. The first kappa shape index (κ1) is 23.1.